The van der Waals surface area contributed by atoms with Gasteiger partial charge in [0, 0.05) is 6.92 Å². The molecule has 0 aromatic heterocycles. The number of carboxylic acid groups (broad SMARTS) is 1. The molecule has 0 aliphatic carbocycles. The van der Waals surface area contributed by atoms with Gasteiger partial charge in [-0.1, -0.05) is 5.92 Å². The quantitative estimate of drug-likeness (QED) is 0.379. The smallest absolute Gasteiger partial charge is 0.317 e. The van der Waals surface area contributed by atoms with E-state index in [1.54, 1.807) is 0 Å². The van der Waals surface area contributed by atoms with Crippen molar-refractivity contribution in [1.82, 2.24) is 15.8 Å². The lowest BCUT2D eigenvalue weighted by Crippen LogP contribution is -2.46. The van der Waals surface area contributed by atoms with Gasteiger partial charge in [0.2, 0.25) is 5.91 Å². The van der Waals surface area contributed by atoms with Crippen LogP contribution in [0, 0.1) is 12.3 Å². The lowest BCUT2D eigenvalue weighted by atomic mass is 10.4. The molecule has 0 fully saturated rings. The molecule has 0 radical (unpaired) electrons. The van der Waals surface area contributed by atoms with Crippen LogP contribution in [0.5, 0.6) is 0 Å². The average Bonchev–Trinajstić information content (AvgIpc) is 2.14. The minimum atomic E-state index is -1.08. The Labute approximate surface area is 92.8 Å². The second kappa shape index (κ2) is 7.25. The molecule has 7 nitrogen and oxygen atoms in total. The second-order valence-corrected chi connectivity index (χ2v) is 2.97. The van der Waals surface area contributed by atoms with Crippen LogP contribution in [-0.4, -0.2) is 47.4 Å². The number of hydrazine groups is 1. The van der Waals surface area contributed by atoms with Crippen molar-refractivity contribution in [3.05, 3.63) is 0 Å². The van der Waals surface area contributed by atoms with Gasteiger partial charge in [0.15, 0.2) is 0 Å². The third kappa shape index (κ3) is 7.34. The average molecular weight is 227 g/mol. The van der Waals surface area contributed by atoms with Gasteiger partial charge in [-0.15, -0.1) is 6.42 Å². The molecule has 0 aliphatic heterocycles. The molecule has 0 spiro atoms. The number of hydrogen-bond donors (Lipinski definition) is 3. The Bertz CT molecular complexity index is 321. The standard InChI is InChI=1S/C9H13N3O4/c1-3-4-12(6-9(15)16)5-8(14)11-10-7(2)13/h1H,4-6H2,2H3,(H,10,13)(H,11,14)(H,15,16). The summed E-state index contributed by atoms with van der Waals surface area (Å²) in [6.07, 6.45) is 5.02. The Kier molecular flexibility index (Phi) is 6.31. The Hall–Kier alpha value is -2.07. The Morgan fingerprint density at radius 2 is 1.94 bits per heavy atom. The van der Waals surface area contributed by atoms with Crippen LogP contribution in [0.15, 0.2) is 0 Å². The van der Waals surface area contributed by atoms with Gasteiger partial charge in [0.1, 0.15) is 0 Å². The van der Waals surface area contributed by atoms with E-state index in [9.17, 15) is 14.4 Å². The first-order chi connectivity index (χ1) is 7.45. The molecule has 16 heavy (non-hydrogen) atoms. The lowest BCUT2D eigenvalue weighted by molar-refractivity contribution is -0.138. The fourth-order valence-electron chi connectivity index (χ4n) is 0.888. The predicted octanol–water partition coefficient (Wildman–Crippen LogP) is -1.83. The van der Waals surface area contributed by atoms with Gasteiger partial charge in [-0.05, 0) is 0 Å². The van der Waals surface area contributed by atoms with Gasteiger partial charge < -0.3 is 5.11 Å². The van der Waals surface area contributed by atoms with Gasteiger partial charge in [0.25, 0.3) is 5.91 Å². The number of rotatable bonds is 5. The van der Waals surface area contributed by atoms with Crippen molar-refractivity contribution in [2.75, 3.05) is 19.6 Å². The van der Waals surface area contributed by atoms with Crippen LogP contribution in [0.1, 0.15) is 6.92 Å². The summed E-state index contributed by atoms with van der Waals surface area (Å²) in [4.78, 5) is 33.3. The van der Waals surface area contributed by atoms with Gasteiger partial charge in [-0.2, -0.15) is 0 Å². The Balaban J connectivity index is 4.08. The fourth-order valence-corrected chi connectivity index (χ4v) is 0.888. The monoisotopic (exact) mass is 227 g/mol. The summed E-state index contributed by atoms with van der Waals surface area (Å²) >= 11 is 0. The third-order valence-corrected chi connectivity index (χ3v) is 1.42. The van der Waals surface area contributed by atoms with Crippen LogP contribution >= 0.6 is 0 Å². The fraction of sp³-hybridized carbons (Fsp3) is 0.444. The maximum absolute atomic E-state index is 11.2. The van der Waals surface area contributed by atoms with E-state index in [1.165, 1.54) is 11.8 Å². The number of nitrogens with zero attached hydrogens (tertiary/aromatic N) is 1. The number of carboxylic acids is 1. The molecule has 3 N–H and O–H groups in total. The van der Waals surface area contributed by atoms with E-state index in [0.29, 0.717) is 0 Å². The van der Waals surface area contributed by atoms with E-state index in [2.05, 4.69) is 16.8 Å². The van der Waals surface area contributed by atoms with E-state index in [0.717, 1.165) is 0 Å². The molecular weight excluding hydrogens is 214 g/mol. The van der Waals surface area contributed by atoms with Crippen LogP contribution < -0.4 is 10.9 Å². The van der Waals surface area contributed by atoms with Crippen molar-refractivity contribution in [2.45, 2.75) is 6.92 Å². The normalized spacial score (nSPS) is 9.31. The van der Waals surface area contributed by atoms with Crippen molar-refractivity contribution < 1.29 is 19.5 Å². The predicted molar refractivity (Wildman–Crippen MR) is 54.9 cm³/mol. The minimum Gasteiger partial charge on any atom is -0.480 e. The summed E-state index contributed by atoms with van der Waals surface area (Å²) in [6, 6.07) is 0. The van der Waals surface area contributed by atoms with Crippen molar-refractivity contribution in [3.8, 4) is 12.3 Å². The number of carbonyl (C=O) groups is 3. The van der Waals surface area contributed by atoms with Crippen LogP contribution in [0.4, 0.5) is 0 Å². The van der Waals surface area contributed by atoms with Crippen LogP contribution in [0.25, 0.3) is 0 Å². The van der Waals surface area contributed by atoms with Crippen LogP contribution in [0.2, 0.25) is 0 Å². The highest BCUT2D eigenvalue weighted by Gasteiger charge is 2.12. The van der Waals surface area contributed by atoms with Crippen LogP contribution in [-0.2, 0) is 14.4 Å². The molecule has 0 atom stereocenters. The summed E-state index contributed by atoms with van der Waals surface area (Å²) in [5.41, 5.74) is 4.18. The first-order valence-electron chi connectivity index (χ1n) is 4.38. The first-order valence-corrected chi connectivity index (χ1v) is 4.38. The van der Waals surface area contributed by atoms with E-state index < -0.39 is 17.8 Å². The molecular formula is C9H13N3O4. The van der Waals surface area contributed by atoms with Crippen molar-refractivity contribution in [2.24, 2.45) is 0 Å². The van der Waals surface area contributed by atoms with E-state index >= 15 is 0 Å². The zero-order chi connectivity index (χ0) is 12.6. The molecule has 0 saturated carbocycles. The SMILES string of the molecule is C#CCN(CC(=O)O)CC(=O)NNC(C)=O. The van der Waals surface area contributed by atoms with Gasteiger partial charge >= 0.3 is 5.97 Å². The van der Waals surface area contributed by atoms with Crippen molar-refractivity contribution in [3.63, 3.8) is 0 Å². The summed E-state index contributed by atoms with van der Waals surface area (Å²) in [6.45, 7) is 0.741. The highest BCUT2D eigenvalue weighted by atomic mass is 16.4. The minimum absolute atomic E-state index is 0.0415. The Morgan fingerprint density at radius 3 is 2.38 bits per heavy atom. The number of carbonyl (C=O) groups excluding carboxylic acids is 2. The molecule has 88 valence electrons. The number of nitrogens with one attached hydrogen (secondary N) is 2. The summed E-state index contributed by atoms with van der Waals surface area (Å²) in [5, 5.41) is 8.53. The summed E-state index contributed by atoms with van der Waals surface area (Å²) in [5.74, 6) is 0.201. The number of aliphatic carboxylic acids is 1. The molecule has 0 saturated heterocycles. The number of amides is 2. The maximum Gasteiger partial charge on any atom is 0.317 e. The van der Waals surface area contributed by atoms with Gasteiger partial charge in [-0.25, -0.2) is 0 Å². The maximum atomic E-state index is 11.2. The highest BCUT2D eigenvalue weighted by Crippen LogP contribution is 1.86. The zero-order valence-electron chi connectivity index (χ0n) is 8.82. The topological polar surface area (TPSA) is 98.7 Å². The van der Waals surface area contributed by atoms with Crippen LogP contribution in [0.3, 0.4) is 0 Å². The van der Waals surface area contributed by atoms with E-state index in [-0.39, 0.29) is 19.6 Å². The molecule has 0 aromatic carbocycles. The molecule has 0 unspecified atom stereocenters. The second-order valence-electron chi connectivity index (χ2n) is 2.97. The molecule has 0 bridgehead atoms. The molecule has 2 amide bonds. The molecule has 0 aromatic rings. The largest absolute Gasteiger partial charge is 0.480 e. The summed E-state index contributed by atoms with van der Waals surface area (Å²) < 4.78 is 0. The molecule has 0 heterocycles. The Morgan fingerprint density at radius 1 is 1.31 bits per heavy atom. The highest BCUT2D eigenvalue weighted by molar-refractivity contribution is 5.82. The van der Waals surface area contributed by atoms with Gasteiger partial charge in [0.05, 0.1) is 19.6 Å². The zero-order valence-corrected chi connectivity index (χ0v) is 8.82. The van der Waals surface area contributed by atoms with E-state index in [1.807, 2.05) is 0 Å². The lowest BCUT2D eigenvalue weighted by Gasteiger charge is -2.16. The third-order valence-electron chi connectivity index (χ3n) is 1.42. The first kappa shape index (κ1) is 13.9. The molecule has 7 heteroatoms. The summed E-state index contributed by atoms with van der Waals surface area (Å²) in [7, 11) is 0. The van der Waals surface area contributed by atoms with Crippen molar-refractivity contribution in [1.29, 1.82) is 0 Å². The van der Waals surface area contributed by atoms with E-state index in [4.69, 9.17) is 11.5 Å². The molecule has 0 aliphatic rings. The number of hydrogen-bond acceptors (Lipinski definition) is 4. The number of terminal acetylenes is 1. The molecule has 0 rings (SSSR count). The van der Waals surface area contributed by atoms with Gasteiger partial charge in [-0.3, -0.25) is 30.1 Å². The van der Waals surface area contributed by atoms with Crippen molar-refractivity contribution >= 4 is 17.8 Å².